The van der Waals surface area contributed by atoms with E-state index in [1.807, 2.05) is 26.4 Å². The van der Waals surface area contributed by atoms with Crippen molar-refractivity contribution in [1.29, 1.82) is 0 Å². The Kier molecular flexibility index (Phi) is 4.14. The summed E-state index contributed by atoms with van der Waals surface area (Å²) in [4.78, 5) is 4.27. The summed E-state index contributed by atoms with van der Waals surface area (Å²) in [5.41, 5.74) is 0. The van der Waals surface area contributed by atoms with E-state index in [-0.39, 0.29) is 6.10 Å². The number of hydrogen-bond acceptors (Lipinski definition) is 2. The van der Waals surface area contributed by atoms with Gasteiger partial charge in [0.1, 0.15) is 5.82 Å². The Hall–Kier alpha value is -0.830. The highest BCUT2D eigenvalue weighted by atomic mass is 16.3. The number of aryl methyl sites for hydroxylation is 2. The van der Waals surface area contributed by atoms with Gasteiger partial charge in [0.2, 0.25) is 0 Å². The monoisotopic (exact) mass is 196 g/mol. The molecule has 0 spiro atoms. The molecule has 0 saturated carbocycles. The number of hydrogen-bond donors (Lipinski definition) is 1. The van der Waals surface area contributed by atoms with E-state index in [0.717, 1.165) is 25.1 Å². The predicted molar refractivity (Wildman–Crippen MR) is 57.0 cm³/mol. The largest absolute Gasteiger partial charge is 0.393 e. The van der Waals surface area contributed by atoms with Gasteiger partial charge >= 0.3 is 0 Å². The average Bonchev–Trinajstić information content (AvgIpc) is 2.46. The van der Waals surface area contributed by atoms with E-state index in [9.17, 15) is 5.11 Å². The van der Waals surface area contributed by atoms with Gasteiger partial charge in [0.05, 0.1) is 6.10 Å². The maximum Gasteiger partial charge on any atom is 0.108 e. The molecular formula is C11H20N2O. The number of imidazole rings is 1. The van der Waals surface area contributed by atoms with Gasteiger partial charge in [-0.15, -0.1) is 0 Å². The Morgan fingerprint density at radius 2 is 2.21 bits per heavy atom. The third kappa shape index (κ3) is 3.50. The van der Waals surface area contributed by atoms with Crippen LogP contribution in [0.25, 0.3) is 0 Å². The maximum absolute atomic E-state index is 9.21. The average molecular weight is 196 g/mol. The topological polar surface area (TPSA) is 38.1 Å². The van der Waals surface area contributed by atoms with Gasteiger partial charge in [-0.3, -0.25) is 0 Å². The highest BCUT2D eigenvalue weighted by Gasteiger charge is 2.07. The molecule has 0 aliphatic carbocycles. The minimum atomic E-state index is -0.189. The number of aliphatic hydroxyl groups is 1. The van der Waals surface area contributed by atoms with E-state index in [4.69, 9.17) is 0 Å². The van der Waals surface area contributed by atoms with Gasteiger partial charge < -0.3 is 9.67 Å². The molecule has 0 radical (unpaired) electrons. The van der Waals surface area contributed by atoms with Gasteiger partial charge in [-0.1, -0.05) is 6.92 Å². The Labute approximate surface area is 85.8 Å². The lowest BCUT2D eigenvalue weighted by Gasteiger charge is -2.12. The number of aliphatic hydroxyl groups excluding tert-OH is 1. The van der Waals surface area contributed by atoms with Crippen molar-refractivity contribution in [3.8, 4) is 0 Å². The van der Waals surface area contributed by atoms with E-state index in [1.54, 1.807) is 0 Å². The van der Waals surface area contributed by atoms with Gasteiger partial charge in [-0.25, -0.2) is 4.98 Å². The van der Waals surface area contributed by atoms with Crippen LogP contribution in [0, 0.1) is 5.92 Å². The summed E-state index contributed by atoms with van der Waals surface area (Å²) in [5, 5.41) is 9.21. The smallest absolute Gasteiger partial charge is 0.108 e. The summed E-state index contributed by atoms with van der Waals surface area (Å²) in [6, 6.07) is 0. The molecule has 0 aliphatic heterocycles. The zero-order valence-corrected chi connectivity index (χ0v) is 9.27. The van der Waals surface area contributed by atoms with Crippen molar-refractivity contribution in [2.75, 3.05) is 0 Å². The summed E-state index contributed by atoms with van der Waals surface area (Å²) in [5.74, 6) is 1.69. The SMILES string of the molecule is CC(O)CC(C)CCc1nccn1C. The molecule has 0 amide bonds. The molecule has 3 nitrogen and oxygen atoms in total. The fraction of sp³-hybridized carbons (Fsp3) is 0.727. The van der Waals surface area contributed by atoms with Gasteiger partial charge in [0, 0.05) is 25.9 Å². The van der Waals surface area contributed by atoms with Gasteiger partial charge in [-0.2, -0.15) is 0 Å². The molecule has 2 atom stereocenters. The minimum absolute atomic E-state index is 0.189. The summed E-state index contributed by atoms with van der Waals surface area (Å²) < 4.78 is 2.05. The fourth-order valence-electron chi connectivity index (χ4n) is 1.71. The molecule has 3 heteroatoms. The first kappa shape index (κ1) is 11.2. The zero-order chi connectivity index (χ0) is 10.6. The molecule has 1 aromatic rings. The van der Waals surface area contributed by atoms with Crippen molar-refractivity contribution in [3.63, 3.8) is 0 Å². The standard InChI is InChI=1S/C11H20N2O/c1-9(8-10(2)14)4-5-11-12-6-7-13(11)3/h6-7,9-10,14H,4-5,8H2,1-3H3. The Morgan fingerprint density at radius 1 is 1.50 bits per heavy atom. The molecule has 1 N–H and O–H groups in total. The first-order valence-electron chi connectivity index (χ1n) is 5.24. The van der Waals surface area contributed by atoms with Crippen molar-refractivity contribution in [3.05, 3.63) is 18.2 Å². The maximum atomic E-state index is 9.21. The lowest BCUT2D eigenvalue weighted by atomic mass is 9.99. The van der Waals surface area contributed by atoms with Crippen LogP contribution in [-0.2, 0) is 13.5 Å². The normalized spacial score (nSPS) is 15.4. The Balaban J connectivity index is 2.30. The van der Waals surface area contributed by atoms with Crippen molar-refractivity contribution in [2.24, 2.45) is 13.0 Å². The van der Waals surface area contributed by atoms with Gasteiger partial charge in [0.15, 0.2) is 0 Å². The molecule has 0 aromatic carbocycles. The fourth-order valence-corrected chi connectivity index (χ4v) is 1.71. The van der Waals surface area contributed by atoms with E-state index in [0.29, 0.717) is 5.92 Å². The van der Waals surface area contributed by atoms with Crippen LogP contribution in [0.5, 0.6) is 0 Å². The molecule has 0 saturated heterocycles. The zero-order valence-electron chi connectivity index (χ0n) is 9.27. The Bertz CT molecular complexity index is 268. The van der Waals surface area contributed by atoms with Crippen molar-refractivity contribution in [1.82, 2.24) is 9.55 Å². The van der Waals surface area contributed by atoms with E-state index < -0.39 is 0 Å². The first-order valence-corrected chi connectivity index (χ1v) is 5.24. The van der Waals surface area contributed by atoms with Crippen LogP contribution in [0.1, 0.15) is 32.5 Å². The molecule has 2 unspecified atom stereocenters. The Morgan fingerprint density at radius 3 is 2.71 bits per heavy atom. The predicted octanol–water partition coefficient (Wildman–Crippen LogP) is 1.76. The molecule has 14 heavy (non-hydrogen) atoms. The third-order valence-electron chi connectivity index (χ3n) is 2.53. The molecule has 0 fully saturated rings. The van der Waals surface area contributed by atoms with Crippen LogP contribution in [0.3, 0.4) is 0 Å². The minimum Gasteiger partial charge on any atom is -0.393 e. The van der Waals surface area contributed by atoms with Crippen LogP contribution in [0.15, 0.2) is 12.4 Å². The second-order valence-corrected chi connectivity index (χ2v) is 4.18. The molecular weight excluding hydrogens is 176 g/mol. The summed E-state index contributed by atoms with van der Waals surface area (Å²) in [6.45, 7) is 4.02. The molecule has 1 rings (SSSR count). The van der Waals surface area contributed by atoms with Crippen LogP contribution in [-0.4, -0.2) is 20.8 Å². The molecule has 80 valence electrons. The summed E-state index contributed by atoms with van der Waals surface area (Å²) in [7, 11) is 2.02. The van der Waals surface area contributed by atoms with E-state index >= 15 is 0 Å². The van der Waals surface area contributed by atoms with Crippen LogP contribution in [0.2, 0.25) is 0 Å². The van der Waals surface area contributed by atoms with Crippen molar-refractivity contribution in [2.45, 2.75) is 39.2 Å². The lowest BCUT2D eigenvalue weighted by molar-refractivity contribution is 0.161. The summed E-state index contributed by atoms with van der Waals surface area (Å²) in [6.07, 6.45) is 6.58. The molecule has 1 heterocycles. The number of rotatable bonds is 5. The van der Waals surface area contributed by atoms with Crippen LogP contribution >= 0.6 is 0 Å². The van der Waals surface area contributed by atoms with Gasteiger partial charge in [-0.05, 0) is 25.7 Å². The molecule has 1 aromatic heterocycles. The van der Waals surface area contributed by atoms with Gasteiger partial charge in [0.25, 0.3) is 0 Å². The first-order chi connectivity index (χ1) is 6.59. The number of nitrogens with zero attached hydrogens (tertiary/aromatic N) is 2. The van der Waals surface area contributed by atoms with E-state index in [1.165, 1.54) is 0 Å². The number of aromatic nitrogens is 2. The van der Waals surface area contributed by atoms with Crippen LogP contribution in [0.4, 0.5) is 0 Å². The van der Waals surface area contributed by atoms with Crippen LogP contribution < -0.4 is 0 Å². The third-order valence-corrected chi connectivity index (χ3v) is 2.53. The highest BCUT2D eigenvalue weighted by molar-refractivity contribution is 4.91. The van der Waals surface area contributed by atoms with E-state index in [2.05, 4.69) is 16.5 Å². The molecule has 0 bridgehead atoms. The quantitative estimate of drug-likeness (QED) is 0.779. The lowest BCUT2D eigenvalue weighted by Crippen LogP contribution is -2.09. The second-order valence-electron chi connectivity index (χ2n) is 4.18. The highest BCUT2D eigenvalue weighted by Crippen LogP contribution is 2.13. The second kappa shape index (κ2) is 5.15. The van der Waals surface area contributed by atoms with Crippen molar-refractivity contribution < 1.29 is 5.11 Å². The molecule has 0 aliphatic rings. The van der Waals surface area contributed by atoms with Crippen molar-refractivity contribution >= 4 is 0 Å². The summed E-state index contributed by atoms with van der Waals surface area (Å²) >= 11 is 0.